The second-order valence-electron chi connectivity index (χ2n) is 21.8. The molecular weight excluding hydrogens is 925 g/mol. The summed E-state index contributed by atoms with van der Waals surface area (Å²) in [5, 5.41) is 24.3. The first-order valence-corrected chi connectivity index (χ1v) is 25.9. The standard InChI is InChI=1S/C70H56N6/c1-69(2,3)51-25-37-65-61(41-51)63-43-59(35-39-67(63)75(65)53-13-9-7-10-14-53)73(55-27-17-47(45-71)18-28-55)57-31-21-49(22-32-57)50-23-33-58(34-24-50)74(56-29-19-48(46-72)20-30-56)60-36-40-68-64(44-60)62-42-52(70(4,5)6)26-38-66(62)76(68)54-15-11-8-12-16-54/h7-44H,1-6H3. The Hall–Kier alpha value is -9.62. The van der Waals surface area contributed by atoms with Gasteiger partial charge < -0.3 is 18.9 Å². The molecule has 0 aliphatic carbocycles. The van der Waals surface area contributed by atoms with E-state index < -0.39 is 0 Å². The highest BCUT2D eigenvalue weighted by Gasteiger charge is 2.23. The number of nitriles is 2. The summed E-state index contributed by atoms with van der Waals surface area (Å²) in [5.41, 5.74) is 18.7. The lowest BCUT2D eigenvalue weighted by Gasteiger charge is -2.26. The maximum atomic E-state index is 9.78. The summed E-state index contributed by atoms with van der Waals surface area (Å²) in [6.07, 6.45) is 0. The third-order valence-corrected chi connectivity index (χ3v) is 14.9. The summed E-state index contributed by atoms with van der Waals surface area (Å²) in [6.45, 7) is 13.6. The van der Waals surface area contributed by atoms with Gasteiger partial charge in [-0.15, -0.1) is 0 Å². The number of benzene rings is 10. The van der Waals surface area contributed by atoms with Crippen LogP contribution >= 0.6 is 0 Å². The average molecular weight is 981 g/mol. The van der Waals surface area contributed by atoms with Crippen LogP contribution in [0.1, 0.15) is 63.8 Å². The van der Waals surface area contributed by atoms with Gasteiger partial charge in [0.1, 0.15) is 0 Å². The van der Waals surface area contributed by atoms with E-state index in [1.807, 2.05) is 48.5 Å². The van der Waals surface area contributed by atoms with Crippen molar-refractivity contribution in [3.63, 3.8) is 0 Å². The zero-order valence-corrected chi connectivity index (χ0v) is 43.6. The zero-order valence-electron chi connectivity index (χ0n) is 43.6. The molecule has 2 aromatic heterocycles. The third kappa shape index (κ3) is 8.50. The Kier molecular flexibility index (Phi) is 11.7. The lowest BCUT2D eigenvalue weighted by atomic mass is 9.86. The van der Waals surface area contributed by atoms with Crippen molar-refractivity contribution in [2.24, 2.45) is 0 Å². The minimum Gasteiger partial charge on any atom is -0.310 e. The van der Waals surface area contributed by atoms with Crippen molar-refractivity contribution in [2.75, 3.05) is 9.80 Å². The number of hydrogen-bond donors (Lipinski definition) is 0. The molecule has 12 aromatic rings. The second-order valence-corrected chi connectivity index (χ2v) is 21.8. The summed E-state index contributed by atoms with van der Waals surface area (Å²) in [6, 6.07) is 86.3. The first-order valence-electron chi connectivity index (χ1n) is 25.9. The van der Waals surface area contributed by atoms with Crippen LogP contribution in [0.25, 0.3) is 66.1 Å². The minimum absolute atomic E-state index is 0.0215. The number of para-hydroxylation sites is 2. The summed E-state index contributed by atoms with van der Waals surface area (Å²) in [7, 11) is 0. The monoisotopic (exact) mass is 980 g/mol. The van der Waals surface area contributed by atoms with Crippen molar-refractivity contribution in [1.29, 1.82) is 10.5 Å². The van der Waals surface area contributed by atoms with Gasteiger partial charge in [-0.3, -0.25) is 0 Å². The molecule has 0 aliphatic heterocycles. The maximum absolute atomic E-state index is 9.78. The van der Waals surface area contributed by atoms with Crippen LogP contribution in [-0.2, 0) is 10.8 Å². The van der Waals surface area contributed by atoms with E-state index in [9.17, 15) is 10.5 Å². The molecule has 0 saturated heterocycles. The van der Waals surface area contributed by atoms with Gasteiger partial charge in [0.2, 0.25) is 0 Å². The molecule has 0 unspecified atom stereocenters. The van der Waals surface area contributed by atoms with Crippen molar-refractivity contribution in [3.05, 3.63) is 253 Å². The molecule has 0 aliphatic rings. The van der Waals surface area contributed by atoms with Crippen molar-refractivity contribution in [3.8, 4) is 34.6 Å². The fourth-order valence-electron chi connectivity index (χ4n) is 10.8. The second kappa shape index (κ2) is 18.7. The minimum atomic E-state index is -0.0215. The van der Waals surface area contributed by atoms with Crippen LogP contribution in [0.15, 0.2) is 231 Å². The van der Waals surface area contributed by atoms with Gasteiger partial charge in [0.15, 0.2) is 0 Å². The Labute approximate surface area is 444 Å². The van der Waals surface area contributed by atoms with Crippen LogP contribution in [0.3, 0.4) is 0 Å². The fraction of sp³-hybridized carbons (Fsp3) is 0.114. The van der Waals surface area contributed by atoms with E-state index in [-0.39, 0.29) is 10.8 Å². The smallest absolute Gasteiger partial charge is 0.0991 e. The van der Waals surface area contributed by atoms with E-state index in [1.165, 1.54) is 32.7 Å². The molecule has 0 amide bonds. The molecule has 0 spiro atoms. The Morgan fingerprint density at radius 1 is 0.316 bits per heavy atom. The van der Waals surface area contributed by atoms with Crippen molar-refractivity contribution in [1.82, 2.24) is 9.13 Å². The Balaban J connectivity index is 0.937. The predicted molar refractivity (Wildman–Crippen MR) is 317 cm³/mol. The highest BCUT2D eigenvalue weighted by atomic mass is 15.1. The quantitative estimate of drug-likeness (QED) is 0.145. The summed E-state index contributed by atoms with van der Waals surface area (Å²) < 4.78 is 4.73. The first-order chi connectivity index (χ1) is 36.8. The number of nitrogens with zero attached hydrogens (tertiary/aromatic N) is 6. The average Bonchev–Trinajstić information content (AvgIpc) is 4.16. The molecule has 0 N–H and O–H groups in total. The molecular formula is C70H56N6. The molecule has 12 rings (SSSR count). The van der Waals surface area contributed by atoms with Gasteiger partial charge in [0.25, 0.3) is 0 Å². The Bertz CT molecular complexity index is 3940. The van der Waals surface area contributed by atoms with Crippen LogP contribution in [0.4, 0.5) is 34.1 Å². The van der Waals surface area contributed by atoms with Crippen LogP contribution < -0.4 is 9.80 Å². The van der Waals surface area contributed by atoms with Gasteiger partial charge in [-0.1, -0.05) is 114 Å². The molecule has 0 radical (unpaired) electrons. The highest BCUT2D eigenvalue weighted by molar-refractivity contribution is 6.12. The maximum Gasteiger partial charge on any atom is 0.0991 e. The molecule has 0 atom stereocenters. The fourth-order valence-corrected chi connectivity index (χ4v) is 10.8. The van der Waals surface area contributed by atoms with Crippen molar-refractivity contribution >= 4 is 77.7 Å². The molecule has 76 heavy (non-hydrogen) atoms. The molecule has 366 valence electrons. The molecule has 6 nitrogen and oxygen atoms in total. The number of rotatable bonds is 9. The van der Waals surface area contributed by atoms with Gasteiger partial charge in [-0.25, -0.2) is 0 Å². The summed E-state index contributed by atoms with van der Waals surface area (Å²) >= 11 is 0. The molecule has 0 saturated carbocycles. The molecule has 10 aromatic carbocycles. The van der Waals surface area contributed by atoms with E-state index in [0.29, 0.717) is 11.1 Å². The van der Waals surface area contributed by atoms with Crippen molar-refractivity contribution in [2.45, 2.75) is 52.4 Å². The van der Waals surface area contributed by atoms with Crippen LogP contribution in [0.5, 0.6) is 0 Å². The van der Waals surface area contributed by atoms with Crippen LogP contribution in [0.2, 0.25) is 0 Å². The number of anilines is 6. The molecule has 0 bridgehead atoms. The summed E-state index contributed by atoms with van der Waals surface area (Å²) in [5.74, 6) is 0. The zero-order chi connectivity index (χ0) is 52.3. The normalized spacial score (nSPS) is 11.8. The van der Waals surface area contributed by atoms with Crippen molar-refractivity contribution < 1.29 is 0 Å². The first kappa shape index (κ1) is 47.4. The highest BCUT2D eigenvalue weighted by Crippen LogP contribution is 2.44. The topological polar surface area (TPSA) is 63.9 Å². The Morgan fingerprint density at radius 2 is 0.605 bits per heavy atom. The van der Waals surface area contributed by atoms with Gasteiger partial charge in [0, 0.05) is 67.0 Å². The largest absolute Gasteiger partial charge is 0.310 e. The predicted octanol–water partition coefficient (Wildman–Crippen LogP) is 18.8. The number of fused-ring (bicyclic) bond motifs is 6. The van der Waals surface area contributed by atoms with Gasteiger partial charge in [0.05, 0.1) is 45.3 Å². The molecule has 2 heterocycles. The van der Waals surface area contributed by atoms with Gasteiger partial charge in [-0.2, -0.15) is 10.5 Å². The Morgan fingerprint density at radius 3 is 0.921 bits per heavy atom. The van der Waals surface area contributed by atoms with E-state index in [2.05, 4.69) is 255 Å². The van der Waals surface area contributed by atoms with Crippen LogP contribution in [-0.4, -0.2) is 9.13 Å². The lowest BCUT2D eigenvalue weighted by Crippen LogP contribution is -2.10. The van der Waals surface area contributed by atoms with E-state index in [0.717, 1.165) is 78.7 Å². The SMILES string of the molecule is CC(C)(C)c1ccc2c(c1)c1cc(N(c3ccc(C#N)cc3)c3ccc(-c4ccc(N(c5ccc(C#N)cc5)c5ccc6c(c5)c5cc(C(C)(C)C)ccc5n6-c5ccccc5)cc4)cc3)ccc1n2-c1ccccc1. The van der Waals surface area contributed by atoms with E-state index >= 15 is 0 Å². The van der Waals surface area contributed by atoms with Crippen LogP contribution in [0, 0.1) is 22.7 Å². The van der Waals surface area contributed by atoms with E-state index in [1.54, 1.807) is 0 Å². The van der Waals surface area contributed by atoms with Gasteiger partial charge in [-0.05, 0) is 191 Å². The molecule has 0 fully saturated rings. The third-order valence-electron chi connectivity index (χ3n) is 14.9. The number of hydrogen-bond acceptors (Lipinski definition) is 4. The number of aromatic nitrogens is 2. The van der Waals surface area contributed by atoms with E-state index in [4.69, 9.17) is 0 Å². The molecule has 6 heteroatoms. The lowest BCUT2D eigenvalue weighted by molar-refractivity contribution is 0.591. The summed E-state index contributed by atoms with van der Waals surface area (Å²) in [4.78, 5) is 4.56. The van der Waals surface area contributed by atoms with Gasteiger partial charge >= 0.3 is 0 Å².